The van der Waals surface area contributed by atoms with Gasteiger partial charge in [0, 0.05) is 28.7 Å². The maximum Gasteiger partial charge on any atom is 0.0502 e. The first kappa shape index (κ1) is 10.8. The molecule has 0 spiro atoms. The SMILES string of the molecule is Ic1ccccc1N1CCC(NC2CC2)C1. The lowest BCUT2D eigenvalue weighted by atomic mass is 10.2. The van der Waals surface area contributed by atoms with E-state index in [0.29, 0.717) is 6.04 Å². The second kappa shape index (κ2) is 4.53. The van der Waals surface area contributed by atoms with E-state index in [2.05, 4.69) is 57.1 Å². The van der Waals surface area contributed by atoms with Crippen LogP contribution in [-0.4, -0.2) is 25.2 Å². The molecule has 1 unspecified atom stereocenters. The van der Waals surface area contributed by atoms with Crippen LogP contribution in [0.2, 0.25) is 0 Å². The van der Waals surface area contributed by atoms with Crippen LogP contribution in [0.15, 0.2) is 24.3 Å². The molecule has 3 heteroatoms. The highest BCUT2D eigenvalue weighted by Gasteiger charge is 2.29. The summed E-state index contributed by atoms with van der Waals surface area (Å²) in [4.78, 5) is 2.52. The number of benzene rings is 1. The highest BCUT2D eigenvalue weighted by atomic mass is 127. The van der Waals surface area contributed by atoms with Gasteiger partial charge >= 0.3 is 0 Å². The number of nitrogens with one attached hydrogen (secondary N) is 1. The van der Waals surface area contributed by atoms with Crippen molar-refractivity contribution in [3.05, 3.63) is 27.8 Å². The standard InChI is InChI=1S/C13H17IN2/c14-12-3-1-2-4-13(12)16-8-7-11(9-16)15-10-5-6-10/h1-4,10-11,15H,5-9H2. The van der Waals surface area contributed by atoms with E-state index in [4.69, 9.17) is 0 Å². The maximum absolute atomic E-state index is 3.73. The number of para-hydroxylation sites is 1. The fourth-order valence-corrected chi connectivity index (χ4v) is 3.14. The number of anilines is 1. The third-order valence-corrected chi connectivity index (χ3v) is 4.34. The molecule has 1 aromatic carbocycles. The Morgan fingerprint density at radius 3 is 2.69 bits per heavy atom. The lowest BCUT2D eigenvalue weighted by molar-refractivity contribution is 0.548. The third-order valence-electron chi connectivity index (χ3n) is 3.43. The topological polar surface area (TPSA) is 15.3 Å². The molecule has 1 heterocycles. The van der Waals surface area contributed by atoms with E-state index < -0.39 is 0 Å². The molecule has 1 saturated carbocycles. The summed E-state index contributed by atoms with van der Waals surface area (Å²) in [6, 6.07) is 10.2. The lowest BCUT2D eigenvalue weighted by Crippen LogP contribution is -2.34. The Labute approximate surface area is 111 Å². The van der Waals surface area contributed by atoms with Crippen molar-refractivity contribution in [2.24, 2.45) is 0 Å². The van der Waals surface area contributed by atoms with Gasteiger partial charge in [0.05, 0.1) is 5.69 Å². The normalized spacial score (nSPS) is 25.1. The van der Waals surface area contributed by atoms with Crippen LogP contribution < -0.4 is 10.2 Å². The highest BCUT2D eigenvalue weighted by Crippen LogP contribution is 2.27. The van der Waals surface area contributed by atoms with E-state index in [9.17, 15) is 0 Å². The molecule has 0 aromatic heterocycles. The highest BCUT2D eigenvalue weighted by molar-refractivity contribution is 14.1. The molecular weight excluding hydrogens is 311 g/mol. The first-order valence-electron chi connectivity index (χ1n) is 6.08. The van der Waals surface area contributed by atoms with Crippen LogP contribution in [0.25, 0.3) is 0 Å². The fourth-order valence-electron chi connectivity index (χ4n) is 2.41. The molecule has 3 rings (SSSR count). The summed E-state index contributed by atoms with van der Waals surface area (Å²) in [6.07, 6.45) is 4.07. The third kappa shape index (κ3) is 2.35. The smallest absolute Gasteiger partial charge is 0.0502 e. The molecular formula is C13H17IN2. The summed E-state index contributed by atoms with van der Waals surface area (Å²) in [5, 5.41) is 3.73. The van der Waals surface area contributed by atoms with Crippen LogP contribution in [-0.2, 0) is 0 Å². The van der Waals surface area contributed by atoms with Crippen molar-refractivity contribution in [3.63, 3.8) is 0 Å². The molecule has 1 N–H and O–H groups in total. The van der Waals surface area contributed by atoms with Crippen molar-refractivity contribution in [1.82, 2.24) is 5.32 Å². The van der Waals surface area contributed by atoms with Crippen molar-refractivity contribution in [2.45, 2.75) is 31.3 Å². The molecule has 1 aromatic rings. The minimum absolute atomic E-state index is 0.712. The Morgan fingerprint density at radius 1 is 1.12 bits per heavy atom. The van der Waals surface area contributed by atoms with Crippen LogP contribution in [0.1, 0.15) is 19.3 Å². The van der Waals surface area contributed by atoms with Crippen molar-refractivity contribution in [3.8, 4) is 0 Å². The van der Waals surface area contributed by atoms with Crippen LogP contribution in [0.5, 0.6) is 0 Å². The van der Waals surface area contributed by atoms with Gasteiger partial charge in [0.25, 0.3) is 0 Å². The second-order valence-corrected chi connectivity index (χ2v) is 5.99. The van der Waals surface area contributed by atoms with E-state index >= 15 is 0 Å². The fraction of sp³-hybridized carbons (Fsp3) is 0.538. The summed E-state index contributed by atoms with van der Waals surface area (Å²) < 4.78 is 1.37. The molecule has 2 nitrogen and oxygen atoms in total. The van der Waals surface area contributed by atoms with Gasteiger partial charge in [-0.25, -0.2) is 0 Å². The van der Waals surface area contributed by atoms with Crippen LogP contribution >= 0.6 is 22.6 Å². The van der Waals surface area contributed by atoms with Crippen LogP contribution in [0.4, 0.5) is 5.69 Å². The Balaban J connectivity index is 1.66. The van der Waals surface area contributed by atoms with Crippen LogP contribution in [0.3, 0.4) is 0 Å². The molecule has 2 aliphatic rings. The predicted molar refractivity (Wildman–Crippen MR) is 75.9 cm³/mol. The zero-order valence-corrected chi connectivity index (χ0v) is 11.5. The molecule has 0 bridgehead atoms. The van der Waals surface area contributed by atoms with E-state index in [1.807, 2.05) is 0 Å². The summed E-state index contributed by atoms with van der Waals surface area (Å²) >= 11 is 2.43. The molecule has 1 aliphatic heterocycles. The molecule has 86 valence electrons. The number of rotatable bonds is 3. The van der Waals surface area contributed by atoms with Gasteiger partial charge in [-0.2, -0.15) is 0 Å². The van der Waals surface area contributed by atoms with E-state index in [1.54, 1.807) is 0 Å². The average molecular weight is 328 g/mol. The first-order chi connectivity index (χ1) is 7.83. The number of nitrogens with zero attached hydrogens (tertiary/aromatic N) is 1. The van der Waals surface area contributed by atoms with E-state index in [-0.39, 0.29) is 0 Å². The van der Waals surface area contributed by atoms with Gasteiger partial charge in [-0.3, -0.25) is 0 Å². The lowest BCUT2D eigenvalue weighted by Gasteiger charge is -2.20. The van der Waals surface area contributed by atoms with Gasteiger partial charge in [0.15, 0.2) is 0 Å². The predicted octanol–water partition coefficient (Wildman–Crippen LogP) is 2.62. The average Bonchev–Trinajstić information content (AvgIpc) is 2.97. The van der Waals surface area contributed by atoms with Crippen molar-refractivity contribution in [1.29, 1.82) is 0 Å². The van der Waals surface area contributed by atoms with E-state index in [1.165, 1.54) is 41.6 Å². The molecule has 2 fully saturated rings. The monoisotopic (exact) mass is 328 g/mol. The minimum atomic E-state index is 0.712. The number of halogens is 1. The van der Waals surface area contributed by atoms with Crippen molar-refractivity contribution in [2.75, 3.05) is 18.0 Å². The molecule has 0 amide bonds. The zero-order chi connectivity index (χ0) is 11.0. The number of hydrogen-bond acceptors (Lipinski definition) is 2. The van der Waals surface area contributed by atoms with Crippen molar-refractivity contribution >= 4 is 28.3 Å². The Morgan fingerprint density at radius 2 is 1.94 bits per heavy atom. The summed E-state index contributed by atoms with van der Waals surface area (Å²) in [5.41, 5.74) is 1.41. The quantitative estimate of drug-likeness (QED) is 0.858. The Bertz CT molecular complexity index is 376. The van der Waals surface area contributed by atoms with E-state index in [0.717, 1.165) is 6.04 Å². The minimum Gasteiger partial charge on any atom is -0.369 e. The second-order valence-electron chi connectivity index (χ2n) is 4.82. The summed E-state index contributed by atoms with van der Waals surface area (Å²) in [6.45, 7) is 2.38. The number of hydrogen-bond donors (Lipinski definition) is 1. The van der Waals surface area contributed by atoms with Gasteiger partial charge in [0.1, 0.15) is 0 Å². The summed E-state index contributed by atoms with van der Waals surface area (Å²) in [5.74, 6) is 0. The Hall–Kier alpha value is -0.290. The molecule has 1 saturated heterocycles. The van der Waals surface area contributed by atoms with Crippen LogP contribution in [0, 0.1) is 3.57 Å². The van der Waals surface area contributed by atoms with Crippen molar-refractivity contribution < 1.29 is 0 Å². The van der Waals surface area contributed by atoms with Gasteiger partial charge < -0.3 is 10.2 Å². The van der Waals surface area contributed by atoms with Gasteiger partial charge in [-0.15, -0.1) is 0 Å². The molecule has 16 heavy (non-hydrogen) atoms. The summed E-state index contributed by atoms with van der Waals surface area (Å²) in [7, 11) is 0. The molecule has 1 atom stereocenters. The van der Waals surface area contributed by atoms with Gasteiger partial charge in [0.2, 0.25) is 0 Å². The first-order valence-corrected chi connectivity index (χ1v) is 7.16. The Kier molecular flexibility index (Phi) is 3.07. The maximum atomic E-state index is 3.73. The molecule has 0 radical (unpaired) electrons. The largest absolute Gasteiger partial charge is 0.369 e. The molecule has 1 aliphatic carbocycles. The van der Waals surface area contributed by atoms with Gasteiger partial charge in [-0.05, 0) is 54.0 Å². The zero-order valence-electron chi connectivity index (χ0n) is 9.32. The van der Waals surface area contributed by atoms with Gasteiger partial charge in [-0.1, -0.05) is 12.1 Å².